The third-order valence-electron chi connectivity index (χ3n) is 7.01. The molecule has 0 fully saturated rings. The maximum atomic E-state index is 10.2. The van der Waals surface area contributed by atoms with Crippen LogP contribution in [0.2, 0.25) is 0 Å². The van der Waals surface area contributed by atoms with E-state index in [0.29, 0.717) is 0 Å². The number of nitrogens with zero attached hydrogens (tertiary/aromatic N) is 2. The summed E-state index contributed by atoms with van der Waals surface area (Å²) in [5.74, 6) is 1.25. The van der Waals surface area contributed by atoms with E-state index in [0.717, 1.165) is 30.5 Å². The molecule has 0 radical (unpaired) electrons. The first-order valence-corrected chi connectivity index (χ1v) is 13.4. The highest BCUT2D eigenvalue weighted by Gasteiger charge is 2.40. The van der Waals surface area contributed by atoms with Crippen molar-refractivity contribution in [2.24, 2.45) is 4.99 Å². The molecule has 0 aliphatic carbocycles. The molecule has 176 valence electrons. The summed E-state index contributed by atoms with van der Waals surface area (Å²) in [5.41, 5.74) is 0. The lowest BCUT2D eigenvalue weighted by Gasteiger charge is -2.36. The zero-order chi connectivity index (χ0) is 21.9. The Morgan fingerprint density at radius 1 is 0.800 bits per heavy atom. The van der Waals surface area contributed by atoms with Crippen LogP contribution in [0, 0.1) is 0 Å². The van der Waals surface area contributed by atoms with Crippen LogP contribution in [0.3, 0.4) is 0 Å². The first kappa shape index (κ1) is 27.4. The van der Waals surface area contributed by atoms with Gasteiger partial charge in [-0.05, 0) is 32.6 Å². The molecule has 2 unspecified atom stereocenters. The van der Waals surface area contributed by atoms with E-state index in [9.17, 15) is 5.11 Å². The molecule has 0 aromatic heterocycles. The molecule has 0 amide bonds. The van der Waals surface area contributed by atoms with Gasteiger partial charge in [-0.15, -0.1) is 0 Å². The van der Waals surface area contributed by atoms with Gasteiger partial charge in [-0.25, -0.2) is 4.99 Å². The van der Waals surface area contributed by atoms with E-state index in [-0.39, 0.29) is 6.23 Å². The highest BCUT2D eigenvalue weighted by molar-refractivity contribution is 5.76. The molecule has 0 bridgehead atoms. The van der Waals surface area contributed by atoms with Gasteiger partial charge in [0.1, 0.15) is 6.54 Å². The van der Waals surface area contributed by atoms with Crippen LogP contribution < -0.4 is 0 Å². The van der Waals surface area contributed by atoms with Gasteiger partial charge in [-0.2, -0.15) is 0 Å². The Morgan fingerprint density at radius 2 is 1.30 bits per heavy atom. The lowest BCUT2D eigenvalue weighted by atomic mass is 10.0. The number of hydrogen-bond acceptors (Lipinski definition) is 2. The van der Waals surface area contributed by atoms with E-state index in [1.54, 1.807) is 0 Å². The second kappa shape index (κ2) is 18.0. The molecule has 0 saturated heterocycles. The highest BCUT2D eigenvalue weighted by atomic mass is 16.3. The number of allylic oxidation sites excluding steroid dienone is 2. The Balaban J connectivity index is 1.85. The first-order chi connectivity index (χ1) is 14.7. The zero-order valence-electron chi connectivity index (χ0n) is 20.7. The van der Waals surface area contributed by atoms with Gasteiger partial charge in [0.15, 0.2) is 6.23 Å². The third-order valence-corrected chi connectivity index (χ3v) is 7.01. The Bertz CT molecular complexity index is 458. The average molecular weight is 422 g/mol. The number of quaternary nitrogens is 1. The molecule has 0 saturated carbocycles. The predicted octanol–water partition coefficient (Wildman–Crippen LogP) is 7.78. The van der Waals surface area contributed by atoms with E-state index in [2.05, 4.69) is 26.0 Å². The molecule has 1 N–H and O–H groups in total. The van der Waals surface area contributed by atoms with Crippen molar-refractivity contribution < 1.29 is 9.59 Å². The number of rotatable bonds is 20. The van der Waals surface area contributed by atoms with Crippen molar-refractivity contribution in [2.75, 3.05) is 19.6 Å². The Labute approximate surface area is 188 Å². The van der Waals surface area contributed by atoms with Crippen molar-refractivity contribution in [3.05, 3.63) is 12.2 Å². The van der Waals surface area contributed by atoms with Gasteiger partial charge in [-0.1, -0.05) is 96.1 Å². The quantitative estimate of drug-likeness (QED) is 0.121. The molecule has 2 atom stereocenters. The summed E-state index contributed by atoms with van der Waals surface area (Å²) in [7, 11) is 0. The standard InChI is InChI=1S/C27H53N2O/c1-4-6-7-8-9-10-11-12-13-14-15-16-17-18-19-20-21-22-23-27-28-24-25-29(27,5-2)26(3)30/h6-7,26,30H,4-5,8-25H2,1-3H3/q+1/b7-6+. The molecular weight excluding hydrogens is 368 g/mol. The summed E-state index contributed by atoms with van der Waals surface area (Å²) in [6, 6.07) is 0. The van der Waals surface area contributed by atoms with Crippen LogP contribution in [0.5, 0.6) is 0 Å². The van der Waals surface area contributed by atoms with Crippen LogP contribution in [0.25, 0.3) is 0 Å². The topological polar surface area (TPSA) is 32.6 Å². The van der Waals surface area contributed by atoms with Gasteiger partial charge < -0.3 is 5.11 Å². The molecule has 0 aromatic rings. The monoisotopic (exact) mass is 421 g/mol. The van der Waals surface area contributed by atoms with Crippen LogP contribution in [-0.4, -0.2) is 41.3 Å². The lowest BCUT2D eigenvalue weighted by Crippen LogP contribution is -2.56. The minimum Gasteiger partial charge on any atom is -0.345 e. The number of hydrogen-bond donors (Lipinski definition) is 1. The Hall–Kier alpha value is -0.670. The van der Waals surface area contributed by atoms with Gasteiger partial charge in [0.2, 0.25) is 5.84 Å². The van der Waals surface area contributed by atoms with E-state index in [1.807, 2.05) is 6.92 Å². The van der Waals surface area contributed by atoms with E-state index >= 15 is 0 Å². The normalized spacial score (nSPS) is 20.2. The molecule has 0 aromatic carbocycles. The highest BCUT2D eigenvalue weighted by Crippen LogP contribution is 2.23. The second-order valence-electron chi connectivity index (χ2n) is 9.37. The number of aliphatic hydroxyl groups is 1. The van der Waals surface area contributed by atoms with Crippen molar-refractivity contribution in [3.8, 4) is 0 Å². The maximum Gasteiger partial charge on any atom is 0.200 e. The Kier molecular flexibility index (Phi) is 16.4. The van der Waals surface area contributed by atoms with Crippen molar-refractivity contribution in [3.63, 3.8) is 0 Å². The number of aliphatic hydroxyl groups excluding tert-OH is 1. The van der Waals surface area contributed by atoms with Gasteiger partial charge in [0.25, 0.3) is 0 Å². The fourth-order valence-electron chi connectivity index (χ4n) is 4.89. The molecule has 1 heterocycles. The number of aliphatic imine (C=N–C) groups is 1. The third kappa shape index (κ3) is 11.1. The minimum atomic E-state index is -0.316. The summed E-state index contributed by atoms with van der Waals surface area (Å²) < 4.78 is 0.719. The fraction of sp³-hybridized carbons (Fsp3) is 0.889. The average Bonchev–Trinajstić information content (AvgIpc) is 3.17. The molecular formula is C27H53N2O+. The Morgan fingerprint density at radius 3 is 1.77 bits per heavy atom. The van der Waals surface area contributed by atoms with Gasteiger partial charge >= 0.3 is 0 Å². The molecule has 3 heteroatoms. The fourth-order valence-corrected chi connectivity index (χ4v) is 4.89. The summed E-state index contributed by atoms with van der Waals surface area (Å²) >= 11 is 0. The summed E-state index contributed by atoms with van der Waals surface area (Å²) in [4.78, 5) is 4.72. The van der Waals surface area contributed by atoms with Gasteiger partial charge in [0.05, 0.1) is 13.1 Å². The van der Waals surface area contributed by atoms with Crippen molar-refractivity contribution >= 4 is 5.84 Å². The summed E-state index contributed by atoms with van der Waals surface area (Å²) in [6.07, 6.45) is 27.4. The first-order valence-electron chi connectivity index (χ1n) is 13.4. The van der Waals surface area contributed by atoms with Crippen LogP contribution >= 0.6 is 0 Å². The van der Waals surface area contributed by atoms with Crippen LogP contribution in [0.4, 0.5) is 0 Å². The zero-order valence-corrected chi connectivity index (χ0v) is 20.7. The number of likely N-dealkylation sites (N-methyl/N-ethyl adjacent to an activating group) is 1. The summed E-state index contributed by atoms with van der Waals surface area (Å²) in [6.45, 7) is 9.16. The molecule has 1 aliphatic heterocycles. The van der Waals surface area contributed by atoms with Crippen molar-refractivity contribution in [1.29, 1.82) is 0 Å². The van der Waals surface area contributed by atoms with E-state index in [1.165, 1.54) is 109 Å². The second-order valence-corrected chi connectivity index (χ2v) is 9.37. The van der Waals surface area contributed by atoms with E-state index < -0.39 is 0 Å². The molecule has 3 nitrogen and oxygen atoms in total. The van der Waals surface area contributed by atoms with Gasteiger partial charge in [0, 0.05) is 13.3 Å². The maximum absolute atomic E-state index is 10.2. The molecule has 1 rings (SSSR count). The van der Waals surface area contributed by atoms with Crippen LogP contribution in [0.15, 0.2) is 17.1 Å². The van der Waals surface area contributed by atoms with Crippen molar-refractivity contribution in [2.45, 2.75) is 136 Å². The van der Waals surface area contributed by atoms with E-state index in [4.69, 9.17) is 4.99 Å². The molecule has 0 spiro atoms. The SMILES string of the molecule is CC/C=C/CCCCCCCCCCCCCCCCC1=NCC[N+]1(CC)C(C)O. The van der Waals surface area contributed by atoms with Crippen molar-refractivity contribution in [1.82, 2.24) is 0 Å². The largest absolute Gasteiger partial charge is 0.345 e. The molecule has 30 heavy (non-hydrogen) atoms. The van der Waals surface area contributed by atoms with Gasteiger partial charge in [-0.3, -0.25) is 4.48 Å². The minimum absolute atomic E-state index is 0.316. The number of unbranched alkanes of at least 4 members (excludes halogenated alkanes) is 14. The summed E-state index contributed by atoms with van der Waals surface area (Å²) in [5, 5.41) is 10.2. The predicted molar refractivity (Wildman–Crippen MR) is 133 cm³/mol. The smallest absolute Gasteiger partial charge is 0.200 e. The van der Waals surface area contributed by atoms with Crippen LogP contribution in [-0.2, 0) is 0 Å². The molecule has 1 aliphatic rings. The van der Waals surface area contributed by atoms with Crippen LogP contribution in [0.1, 0.15) is 130 Å². The lowest BCUT2D eigenvalue weighted by molar-refractivity contribution is -0.882. The number of amidine groups is 1.